The lowest BCUT2D eigenvalue weighted by molar-refractivity contribution is -0.141. The summed E-state index contributed by atoms with van der Waals surface area (Å²) in [6.45, 7) is 2.58. The lowest BCUT2D eigenvalue weighted by atomic mass is 10.0. The molecule has 2 heterocycles. The molecule has 6 heteroatoms. The van der Waals surface area contributed by atoms with E-state index in [1.165, 1.54) is 0 Å². The number of carbonyl (C=O) groups is 2. The first-order chi connectivity index (χ1) is 12.0. The second kappa shape index (κ2) is 7.44. The first kappa shape index (κ1) is 17.7. The van der Waals surface area contributed by atoms with Crippen molar-refractivity contribution in [1.29, 1.82) is 0 Å². The molecule has 2 aliphatic heterocycles. The van der Waals surface area contributed by atoms with Crippen LogP contribution in [-0.2, 0) is 9.59 Å². The largest absolute Gasteiger partial charge is 0.497 e. The Hall–Kier alpha value is -2.08. The number of amides is 2. The minimum Gasteiger partial charge on any atom is -0.497 e. The summed E-state index contributed by atoms with van der Waals surface area (Å²) in [6.07, 6.45) is 2.53. The van der Waals surface area contributed by atoms with Gasteiger partial charge in [-0.2, -0.15) is 0 Å². The fourth-order valence-electron chi connectivity index (χ4n) is 3.74. The number of benzene rings is 1. The van der Waals surface area contributed by atoms with Crippen LogP contribution in [0.5, 0.6) is 5.75 Å². The molecule has 6 nitrogen and oxygen atoms in total. The van der Waals surface area contributed by atoms with Gasteiger partial charge in [-0.3, -0.25) is 9.59 Å². The standard InChI is InChI=1S/C19H27N3O3/c1-20-11-8-14(9-12-20)21(2)18(23)17-10-13-22(19(17)24)15-4-6-16(25-3)7-5-15/h4-7,14,17H,8-13H2,1-3H3. The average Bonchev–Trinajstić information content (AvgIpc) is 3.02. The molecule has 3 rings (SSSR count). The van der Waals surface area contributed by atoms with Crippen molar-refractivity contribution in [3.05, 3.63) is 24.3 Å². The summed E-state index contributed by atoms with van der Waals surface area (Å²) in [5.74, 6) is 0.0855. The molecule has 0 saturated carbocycles. The van der Waals surface area contributed by atoms with Gasteiger partial charge in [0.25, 0.3) is 0 Å². The SMILES string of the molecule is COc1ccc(N2CCC(C(=O)N(C)C3CCN(C)CC3)C2=O)cc1. The molecule has 136 valence electrons. The summed E-state index contributed by atoms with van der Waals surface area (Å²) >= 11 is 0. The molecule has 2 amide bonds. The van der Waals surface area contributed by atoms with Gasteiger partial charge in [-0.15, -0.1) is 0 Å². The highest BCUT2D eigenvalue weighted by atomic mass is 16.5. The van der Waals surface area contributed by atoms with Crippen LogP contribution in [0, 0.1) is 5.92 Å². The summed E-state index contributed by atoms with van der Waals surface area (Å²) in [4.78, 5) is 31.4. The van der Waals surface area contributed by atoms with E-state index in [-0.39, 0.29) is 17.9 Å². The molecule has 2 fully saturated rings. The van der Waals surface area contributed by atoms with E-state index < -0.39 is 5.92 Å². The van der Waals surface area contributed by atoms with Gasteiger partial charge in [0.2, 0.25) is 11.8 Å². The Bertz CT molecular complexity index is 623. The van der Waals surface area contributed by atoms with Crippen LogP contribution in [0.25, 0.3) is 0 Å². The summed E-state index contributed by atoms with van der Waals surface area (Å²) < 4.78 is 5.16. The first-order valence-electron chi connectivity index (χ1n) is 8.92. The second-order valence-corrected chi connectivity index (χ2v) is 7.01. The first-order valence-corrected chi connectivity index (χ1v) is 8.92. The maximum Gasteiger partial charge on any atom is 0.239 e. The van der Waals surface area contributed by atoms with E-state index in [1.54, 1.807) is 12.0 Å². The van der Waals surface area contributed by atoms with Crippen molar-refractivity contribution in [1.82, 2.24) is 9.80 Å². The lowest BCUT2D eigenvalue weighted by Gasteiger charge is -2.36. The van der Waals surface area contributed by atoms with Crippen molar-refractivity contribution in [3.8, 4) is 5.75 Å². The van der Waals surface area contributed by atoms with Crippen molar-refractivity contribution < 1.29 is 14.3 Å². The Labute approximate surface area is 149 Å². The Morgan fingerprint density at radius 3 is 2.36 bits per heavy atom. The smallest absolute Gasteiger partial charge is 0.239 e. The normalized spacial score (nSPS) is 22.3. The summed E-state index contributed by atoms with van der Waals surface area (Å²) in [5.41, 5.74) is 0.822. The highest BCUT2D eigenvalue weighted by Gasteiger charge is 2.40. The number of carbonyl (C=O) groups excluding carboxylic acids is 2. The molecule has 1 aromatic carbocycles. The topological polar surface area (TPSA) is 53.1 Å². The zero-order valence-corrected chi connectivity index (χ0v) is 15.3. The highest BCUT2D eigenvalue weighted by molar-refractivity contribution is 6.09. The predicted molar refractivity (Wildman–Crippen MR) is 96.7 cm³/mol. The molecular formula is C19H27N3O3. The van der Waals surface area contributed by atoms with Gasteiger partial charge in [0, 0.05) is 25.3 Å². The second-order valence-electron chi connectivity index (χ2n) is 7.01. The Morgan fingerprint density at radius 1 is 1.12 bits per heavy atom. The van der Waals surface area contributed by atoms with Crippen LogP contribution in [0.1, 0.15) is 19.3 Å². The fraction of sp³-hybridized carbons (Fsp3) is 0.579. The lowest BCUT2D eigenvalue weighted by Crippen LogP contribution is -2.47. The summed E-state index contributed by atoms with van der Waals surface area (Å²) in [7, 11) is 5.57. The third kappa shape index (κ3) is 3.63. The molecule has 25 heavy (non-hydrogen) atoms. The van der Waals surface area contributed by atoms with Gasteiger partial charge in [-0.05, 0) is 63.7 Å². The van der Waals surface area contributed by atoms with E-state index in [2.05, 4.69) is 11.9 Å². The van der Waals surface area contributed by atoms with E-state index in [0.717, 1.165) is 37.4 Å². The van der Waals surface area contributed by atoms with E-state index in [4.69, 9.17) is 4.74 Å². The number of anilines is 1. The van der Waals surface area contributed by atoms with Crippen LogP contribution in [0.2, 0.25) is 0 Å². The van der Waals surface area contributed by atoms with Gasteiger partial charge >= 0.3 is 0 Å². The number of rotatable bonds is 4. The van der Waals surface area contributed by atoms with Crippen molar-refractivity contribution in [2.45, 2.75) is 25.3 Å². The van der Waals surface area contributed by atoms with Gasteiger partial charge in [-0.1, -0.05) is 0 Å². The molecule has 1 aromatic rings. The molecule has 0 radical (unpaired) electrons. The Balaban J connectivity index is 1.65. The molecule has 1 atom stereocenters. The predicted octanol–water partition coefficient (Wildman–Crippen LogP) is 1.60. The van der Waals surface area contributed by atoms with Crippen molar-refractivity contribution in [2.75, 3.05) is 45.7 Å². The van der Waals surface area contributed by atoms with Crippen LogP contribution < -0.4 is 9.64 Å². The number of hydrogen-bond donors (Lipinski definition) is 0. The van der Waals surface area contributed by atoms with Gasteiger partial charge in [0.1, 0.15) is 11.7 Å². The number of piperidine rings is 1. The van der Waals surface area contributed by atoms with E-state index in [0.29, 0.717) is 13.0 Å². The van der Waals surface area contributed by atoms with Crippen molar-refractivity contribution in [2.24, 2.45) is 5.92 Å². The minimum absolute atomic E-state index is 0.0319. The molecule has 0 N–H and O–H groups in total. The molecule has 0 bridgehead atoms. The van der Waals surface area contributed by atoms with Gasteiger partial charge < -0.3 is 19.4 Å². The summed E-state index contributed by atoms with van der Waals surface area (Å²) in [5, 5.41) is 0. The maximum absolute atomic E-state index is 12.9. The molecule has 1 unspecified atom stereocenters. The monoisotopic (exact) mass is 345 g/mol. The Morgan fingerprint density at radius 2 is 1.76 bits per heavy atom. The molecule has 2 aliphatic rings. The maximum atomic E-state index is 12.9. The minimum atomic E-state index is -0.549. The number of nitrogens with zero attached hydrogens (tertiary/aromatic N) is 3. The molecule has 2 saturated heterocycles. The highest BCUT2D eigenvalue weighted by Crippen LogP contribution is 2.29. The average molecular weight is 345 g/mol. The number of likely N-dealkylation sites (tertiary alicyclic amines) is 1. The molecule has 0 spiro atoms. The van der Waals surface area contributed by atoms with Crippen LogP contribution in [0.15, 0.2) is 24.3 Å². The van der Waals surface area contributed by atoms with Gasteiger partial charge in [0.05, 0.1) is 7.11 Å². The van der Waals surface area contributed by atoms with Crippen molar-refractivity contribution in [3.63, 3.8) is 0 Å². The van der Waals surface area contributed by atoms with Crippen LogP contribution in [0.4, 0.5) is 5.69 Å². The third-order valence-corrected chi connectivity index (χ3v) is 5.47. The van der Waals surface area contributed by atoms with E-state index in [1.807, 2.05) is 36.2 Å². The van der Waals surface area contributed by atoms with Crippen LogP contribution in [-0.4, -0.2) is 68.5 Å². The molecule has 0 aromatic heterocycles. The van der Waals surface area contributed by atoms with Crippen LogP contribution >= 0.6 is 0 Å². The van der Waals surface area contributed by atoms with Gasteiger partial charge in [0.15, 0.2) is 0 Å². The number of ether oxygens (including phenoxy) is 1. The number of hydrogen-bond acceptors (Lipinski definition) is 4. The zero-order chi connectivity index (χ0) is 18.0. The van der Waals surface area contributed by atoms with Crippen LogP contribution in [0.3, 0.4) is 0 Å². The Kier molecular flexibility index (Phi) is 5.27. The van der Waals surface area contributed by atoms with E-state index >= 15 is 0 Å². The van der Waals surface area contributed by atoms with Crippen molar-refractivity contribution >= 4 is 17.5 Å². The fourth-order valence-corrected chi connectivity index (χ4v) is 3.74. The molecule has 0 aliphatic carbocycles. The zero-order valence-electron chi connectivity index (χ0n) is 15.3. The third-order valence-electron chi connectivity index (χ3n) is 5.47. The van der Waals surface area contributed by atoms with Gasteiger partial charge in [-0.25, -0.2) is 0 Å². The van der Waals surface area contributed by atoms with E-state index in [9.17, 15) is 9.59 Å². The summed E-state index contributed by atoms with van der Waals surface area (Å²) in [6, 6.07) is 7.64. The quantitative estimate of drug-likeness (QED) is 0.778. The number of methoxy groups -OCH3 is 1. The molecular weight excluding hydrogens is 318 g/mol.